The molecule has 1 unspecified atom stereocenters. The Kier molecular flexibility index (Phi) is 3.19. The van der Waals surface area contributed by atoms with Crippen molar-refractivity contribution in [3.63, 3.8) is 0 Å². The number of nitrogens with one attached hydrogen (secondary N) is 1. The minimum absolute atomic E-state index is 0.00880. The monoisotopic (exact) mass is 236 g/mol. The van der Waals surface area contributed by atoms with Crippen molar-refractivity contribution in [3.8, 4) is 11.5 Å². The molecule has 0 bridgehead atoms. The van der Waals surface area contributed by atoms with Crippen LogP contribution in [0.25, 0.3) is 0 Å². The fourth-order valence-corrected chi connectivity index (χ4v) is 1.74. The summed E-state index contributed by atoms with van der Waals surface area (Å²) < 4.78 is 5.44. The minimum Gasteiger partial charge on any atom is -0.508 e. The first kappa shape index (κ1) is 11.7. The number of benzene rings is 1. The van der Waals surface area contributed by atoms with Gasteiger partial charge in [0.05, 0.1) is 12.6 Å². The van der Waals surface area contributed by atoms with Gasteiger partial charge in [-0.15, -0.1) is 0 Å². The van der Waals surface area contributed by atoms with Crippen molar-refractivity contribution < 1.29 is 14.6 Å². The first-order valence-corrected chi connectivity index (χ1v) is 5.47. The van der Waals surface area contributed by atoms with Crippen LogP contribution in [0, 0.1) is 0 Å². The Morgan fingerprint density at radius 3 is 3.06 bits per heavy atom. The molecule has 2 N–H and O–H groups in total. The van der Waals surface area contributed by atoms with Gasteiger partial charge < -0.3 is 14.7 Å². The van der Waals surface area contributed by atoms with Crippen molar-refractivity contribution in [3.05, 3.63) is 23.8 Å². The highest BCUT2D eigenvalue weighted by Crippen LogP contribution is 2.34. The Morgan fingerprint density at radius 1 is 1.59 bits per heavy atom. The van der Waals surface area contributed by atoms with Crippen LogP contribution in [0.4, 0.5) is 0 Å². The molecule has 2 rings (SSSR count). The van der Waals surface area contributed by atoms with Crippen molar-refractivity contribution in [1.82, 2.24) is 10.2 Å². The van der Waals surface area contributed by atoms with E-state index in [1.165, 1.54) is 0 Å². The molecule has 5 nitrogen and oxygen atoms in total. The number of carbonyl (C=O) groups excluding carboxylic acids is 1. The number of phenolic OH excluding ortho intramolecular Hbond substituents is 1. The molecule has 0 saturated carbocycles. The Hall–Kier alpha value is -1.75. The molecule has 1 atom stereocenters. The first-order valence-electron chi connectivity index (χ1n) is 5.47. The third kappa shape index (κ3) is 2.50. The number of hydrogen-bond donors (Lipinski definition) is 2. The second-order valence-electron chi connectivity index (χ2n) is 4.25. The van der Waals surface area contributed by atoms with Crippen molar-refractivity contribution >= 4 is 5.91 Å². The Labute approximate surface area is 100.0 Å². The fourth-order valence-electron chi connectivity index (χ4n) is 1.74. The zero-order chi connectivity index (χ0) is 12.4. The topological polar surface area (TPSA) is 61.8 Å². The Balaban J connectivity index is 2.00. The van der Waals surface area contributed by atoms with Gasteiger partial charge in [0.25, 0.3) is 0 Å². The molecule has 0 radical (unpaired) electrons. The maximum atomic E-state index is 11.4. The van der Waals surface area contributed by atoms with Gasteiger partial charge in [-0.25, -0.2) is 0 Å². The van der Waals surface area contributed by atoms with Gasteiger partial charge >= 0.3 is 0 Å². The maximum Gasteiger partial charge on any atom is 0.236 e. The molecule has 1 aliphatic rings. The van der Waals surface area contributed by atoms with E-state index in [0.29, 0.717) is 12.4 Å². The summed E-state index contributed by atoms with van der Waals surface area (Å²) in [7, 11) is 3.45. The summed E-state index contributed by atoms with van der Waals surface area (Å²) in [6, 6.07) is 5.03. The number of phenols is 1. The van der Waals surface area contributed by atoms with Crippen LogP contribution in [-0.2, 0) is 4.79 Å². The lowest BCUT2D eigenvalue weighted by atomic mass is 10.1. The average molecular weight is 236 g/mol. The summed E-state index contributed by atoms with van der Waals surface area (Å²) in [5.74, 6) is 0.894. The molecular formula is C12H16N2O3. The number of nitrogens with zero attached hydrogens (tertiary/aromatic N) is 1. The van der Waals surface area contributed by atoms with E-state index in [0.717, 1.165) is 5.56 Å². The lowest BCUT2D eigenvalue weighted by Crippen LogP contribution is -2.35. The van der Waals surface area contributed by atoms with Crippen molar-refractivity contribution in [1.29, 1.82) is 0 Å². The molecule has 1 amide bonds. The molecular weight excluding hydrogens is 220 g/mol. The van der Waals surface area contributed by atoms with E-state index in [-0.39, 0.29) is 24.2 Å². The van der Waals surface area contributed by atoms with Crippen molar-refractivity contribution in [2.75, 3.05) is 27.2 Å². The highest BCUT2D eigenvalue weighted by atomic mass is 16.5. The van der Waals surface area contributed by atoms with Crippen LogP contribution in [0.3, 0.4) is 0 Å². The van der Waals surface area contributed by atoms with Crippen LogP contribution in [0.2, 0.25) is 0 Å². The molecule has 0 aromatic heterocycles. The van der Waals surface area contributed by atoms with E-state index in [4.69, 9.17) is 4.74 Å². The summed E-state index contributed by atoms with van der Waals surface area (Å²) in [6.07, 6.45) is 0. The summed E-state index contributed by atoms with van der Waals surface area (Å²) in [4.78, 5) is 13.0. The quantitative estimate of drug-likeness (QED) is 0.802. The smallest absolute Gasteiger partial charge is 0.236 e. The van der Waals surface area contributed by atoms with Gasteiger partial charge in [-0.3, -0.25) is 10.1 Å². The third-order valence-corrected chi connectivity index (χ3v) is 2.78. The molecule has 1 aromatic rings. The number of hydrogen-bond acceptors (Lipinski definition) is 4. The molecule has 0 aliphatic carbocycles. The average Bonchev–Trinajstić information content (AvgIpc) is 2.67. The van der Waals surface area contributed by atoms with E-state index in [1.54, 1.807) is 31.1 Å². The number of carbonyl (C=O) groups is 1. The van der Waals surface area contributed by atoms with E-state index in [1.807, 2.05) is 6.07 Å². The van der Waals surface area contributed by atoms with Crippen LogP contribution in [-0.4, -0.2) is 43.2 Å². The number of amides is 1. The summed E-state index contributed by atoms with van der Waals surface area (Å²) in [6.45, 7) is 0.765. The SMILES string of the molecule is CN(C)C(=O)CNC1COc2cc(O)ccc21. The molecule has 1 aromatic carbocycles. The van der Waals surface area contributed by atoms with E-state index >= 15 is 0 Å². The van der Waals surface area contributed by atoms with Gasteiger partial charge in [0.1, 0.15) is 18.1 Å². The predicted octanol–water partition coefficient (Wildman–Crippen LogP) is 0.503. The van der Waals surface area contributed by atoms with Crippen LogP contribution in [0.15, 0.2) is 18.2 Å². The van der Waals surface area contributed by atoms with Crippen LogP contribution in [0.5, 0.6) is 11.5 Å². The van der Waals surface area contributed by atoms with Gasteiger partial charge in [-0.05, 0) is 12.1 Å². The lowest BCUT2D eigenvalue weighted by Gasteiger charge is -2.14. The molecule has 0 saturated heterocycles. The number of fused-ring (bicyclic) bond motifs is 1. The molecule has 0 fully saturated rings. The van der Waals surface area contributed by atoms with Gasteiger partial charge in [-0.1, -0.05) is 0 Å². The molecule has 17 heavy (non-hydrogen) atoms. The van der Waals surface area contributed by atoms with Crippen molar-refractivity contribution in [2.45, 2.75) is 6.04 Å². The maximum absolute atomic E-state index is 11.4. The third-order valence-electron chi connectivity index (χ3n) is 2.78. The van der Waals surface area contributed by atoms with Gasteiger partial charge in [0, 0.05) is 25.7 Å². The number of ether oxygens (including phenoxy) is 1. The molecule has 1 heterocycles. The highest BCUT2D eigenvalue weighted by Gasteiger charge is 2.24. The summed E-state index contributed by atoms with van der Waals surface area (Å²) >= 11 is 0. The minimum atomic E-state index is 0.00880. The summed E-state index contributed by atoms with van der Waals surface area (Å²) in [5.41, 5.74) is 0.981. The van der Waals surface area contributed by atoms with Crippen LogP contribution < -0.4 is 10.1 Å². The second-order valence-corrected chi connectivity index (χ2v) is 4.25. The molecule has 5 heteroatoms. The summed E-state index contributed by atoms with van der Waals surface area (Å²) in [5, 5.41) is 12.5. The zero-order valence-electron chi connectivity index (χ0n) is 9.93. The normalized spacial score (nSPS) is 17.4. The van der Waals surface area contributed by atoms with Gasteiger partial charge in [0.2, 0.25) is 5.91 Å². The van der Waals surface area contributed by atoms with Gasteiger partial charge in [0.15, 0.2) is 0 Å². The Morgan fingerprint density at radius 2 is 2.35 bits per heavy atom. The highest BCUT2D eigenvalue weighted by molar-refractivity contribution is 5.77. The fraction of sp³-hybridized carbons (Fsp3) is 0.417. The first-order chi connectivity index (χ1) is 8.08. The largest absolute Gasteiger partial charge is 0.508 e. The molecule has 0 spiro atoms. The van der Waals surface area contributed by atoms with E-state index < -0.39 is 0 Å². The van der Waals surface area contributed by atoms with Crippen LogP contribution >= 0.6 is 0 Å². The number of rotatable bonds is 3. The second kappa shape index (κ2) is 4.63. The molecule has 92 valence electrons. The predicted molar refractivity (Wildman–Crippen MR) is 63.0 cm³/mol. The number of likely N-dealkylation sites (N-methyl/N-ethyl adjacent to an activating group) is 1. The van der Waals surface area contributed by atoms with Crippen molar-refractivity contribution in [2.24, 2.45) is 0 Å². The Bertz CT molecular complexity index is 432. The standard InChI is InChI=1S/C12H16N2O3/c1-14(2)12(16)6-13-10-7-17-11-5-8(15)3-4-9(10)11/h3-5,10,13,15H,6-7H2,1-2H3. The van der Waals surface area contributed by atoms with E-state index in [2.05, 4.69) is 5.32 Å². The lowest BCUT2D eigenvalue weighted by molar-refractivity contribution is -0.127. The zero-order valence-corrected chi connectivity index (χ0v) is 9.93. The van der Waals surface area contributed by atoms with E-state index in [9.17, 15) is 9.90 Å². The van der Waals surface area contributed by atoms with Gasteiger partial charge in [-0.2, -0.15) is 0 Å². The van der Waals surface area contributed by atoms with Crippen LogP contribution in [0.1, 0.15) is 11.6 Å². The number of aromatic hydroxyl groups is 1. The molecule has 1 aliphatic heterocycles.